The van der Waals surface area contributed by atoms with Gasteiger partial charge in [-0.15, -0.1) is 0 Å². The molecule has 0 fully saturated rings. The maximum Gasteiger partial charge on any atom is 0.144 e. The lowest BCUT2D eigenvalue weighted by Gasteiger charge is -2.16. The molecule has 0 atom stereocenters. The first-order valence-corrected chi connectivity index (χ1v) is 6.42. The van der Waals surface area contributed by atoms with E-state index in [0.717, 1.165) is 16.8 Å². The summed E-state index contributed by atoms with van der Waals surface area (Å²) in [5.41, 5.74) is 9.30. The fourth-order valence-corrected chi connectivity index (χ4v) is 1.88. The predicted molar refractivity (Wildman–Crippen MR) is 80.7 cm³/mol. The minimum Gasteiger partial charge on any atom is -0.487 e. The number of hydrogen-bond donors (Lipinski definition) is 1. The Hall–Kier alpha value is -2.23. The molecule has 2 rings (SSSR count). The van der Waals surface area contributed by atoms with Crippen molar-refractivity contribution in [1.82, 2.24) is 0 Å². The lowest BCUT2D eigenvalue weighted by Crippen LogP contribution is -2.09. The lowest BCUT2D eigenvalue weighted by molar-refractivity contribution is 0.306. The molecule has 0 aromatic heterocycles. The largest absolute Gasteiger partial charge is 0.487 e. The van der Waals surface area contributed by atoms with Crippen molar-refractivity contribution in [1.29, 1.82) is 0 Å². The number of anilines is 2. The van der Waals surface area contributed by atoms with E-state index in [9.17, 15) is 4.39 Å². The van der Waals surface area contributed by atoms with Crippen LogP contribution >= 0.6 is 0 Å². The van der Waals surface area contributed by atoms with Crippen LogP contribution in [0.2, 0.25) is 0 Å². The zero-order valence-electron chi connectivity index (χ0n) is 12.0. The molecule has 2 N–H and O–H groups in total. The van der Waals surface area contributed by atoms with E-state index in [1.54, 1.807) is 6.07 Å². The molecule has 0 radical (unpaired) electrons. The van der Waals surface area contributed by atoms with Crippen molar-refractivity contribution in [2.75, 3.05) is 24.7 Å². The standard InChI is InChI=1S/C16H19FN2O/c1-11-4-5-13(17)8-12(11)10-20-16-9-14(19(2)3)6-7-15(16)18/h4-9H,10,18H2,1-3H3. The molecule has 106 valence electrons. The minimum atomic E-state index is -0.260. The van der Waals surface area contributed by atoms with Gasteiger partial charge in [0.2, 0.25) is 0 Å². The monoisotopic (exact) mass is 274 g/mol. The van der Waals surface area contributed by atoms with Crippen molar-refractivity contribution < 1.29 is 9.13 Å². The van der Waals surface area contributed by atoms with Crippen LogP contribution in [0.25, 0.3) is 0 Å². The molecular formula is C16H19FN2O. The van der Waals surface area contributed by atoms with Crippen molar-refractivity contribution in [3.8, 4) is 5.75 Å². The van der Waals surface area contributed by atoms with Gasteiger partial charge in [-0.05, 0) is 42.3 Å². The van der Waals surface area contributed by atoms with Crippen molar-refractivity contribution in [2.24, 2.45) is 0 Å². The summed E-state index contributed by atoms with van der Waals surface area (Å²) in [6.07, 6.45) is 0. The molecule has 0 aliphatic heterocycles. The first-order chi connectivity index (χ1) is 9.47. The molecule has 2 aromatic carbocycles. The van der Waals surface area contributed by atoms with Crippen molar-refractivity contribution in [3.05, 3.63) is 53.3 Å². The Kier molecular flexibility index (Phi) is 4.13. The highest BCUT2D eigenvalue weighted by molar-refractivity contribution is 5.61. The first-order valence-electron chi connectivity index (χ1n) is 6.42. The van der Waals surface area contributed by atoms with E-state index in [1.165, 1.54) is 12.1 Å². The molecule has 0 aliphatic carbocycles. The Morgan fingerprint density at radius 1 is 1.15 bits per heavy atom. The number of nitrogens with zero attached hydrogens (tertiary/aromatic N) is 1. The van der Waals surface area contributed by atoms with Crippen LogP contribution in [0.3, 0.4) is 0 Å². The smallest absolute Gasteiger partial charge is 0.144 e. The van der Waals surface area contributed by atoms with Crippen LogP contribution in [0.1, 0.15) is 11.1 Å². The van der Waals surface area contributed by atoms with Crippen LogP contribution in [-0.4, -0.2) is 14.1 Å². The third-order valence-electron chi connectivity index (χ3n) is 3.21. The second-order valence-corrected chi connectivity index (χ2v) is 4.98. The number of rotatable bonds is 4. The highest BCUT2D eigenvalue weighted by Gasteiger charge is 2.06. The van der Waals surface area contributed by atoms with Gasteiger partial charge >= 0.3 is 0 Å². The maximum atomic E-state index is 13.2. The van der Waals surface area contributed by atoms with Crippen LogP contribution in [0.5, 0.6) is 5.75 Å². The molecule has 0 amide bonds. The molecule has 0 aliphatic rings. The van der Waals surface area contributed by atoms with Gasteiger partial charge in [-0.2, -0.15) is 0 Å². The average molecular weight is 274 g/mol. The molecule has 4 heteroatoms. The normalized spacial score (nSPS) is 10.4. The van der Waals surface area contributed by atoms with Gasteiger partial charge in [-0.25, -0.2) is 4.39 Å². The van der Waals surface area contributed by atoms with Gasteiger partial charge in [-0.1, -0.05) is 6.07 Å². The summed E-state index contributed by atoms with van der Waals surface area (Å²) in [5.74, 6) is 0.351. The molecule has 0 saturated carbocycles. The number of nitrogens with two attached hydrogens (primary N) is 1. The molecule has 3 nitrogen and oxygen atoms in total. The summed E-state index contributed by atoms with van der Waals surface area (Å²) < 4.78 is 19.0. The second-order valence-electron chi connectivity index (χ2n) is 4.98. The summed E-state index contributed by atoms with van der Waals surface area (Å²) in [7, 11) is 3.90. The van der Waals surface area contributed by atoms with Crippen molar-refractivity contribution in [3.63, 3.8) is 0 Å². The Morgan fingerprint density at radius 3 is 2.60 bits per heavy atom. The van der Waals surface area contributed by atoms with Gasteiger partial charge < -0.3 is 15.4 Å². The molecule has 0 saturated heterocycles. The van der Waals surface area contributed by atoms with E-state index in [1.807, 2.05) is 44.1 Å². The van der Waals surface area contributed by atoms with E-state index >= 15 is 0 Å². The van der Waals surface area contributed by atoms with E-state index in [0.29, 0.717) is 18.0 Å². The molecule has 0 unspecified atom stereocenters. The van der Waals surface area contributed by atoms with Gasteiger partial charge in [0.1, 0.15) is 18.2 Å². The quantitative estimate of drug-likeness (QED) is 0.869. The third-order valence-corrected chi connectivity index (χ3v) is 3.21. The number of hydrogen-bond acceptors (Lipinski definition) is 3. The average Bonchev–Trinajstić information content (AvgIpc) is 2.41. The van der Waals surface area contributed by atoms with E-state index in [2.05, 4.69) is 0 Å². The van der Waals surface area contributed by atoms with Crippen molar-refractivity contribution >= 4 is 11.4 Å². The molecule has 0 heterocycles. The first kappa shape index (κ1) is 14.2. The number of benzene rings is 2. The van der Waals surface area contributed by atoms with Crippen LogP contribution < -0.4 is 15.4 Å². The Bertz CT molecular complexity index is 611. The number of halogens is 1. The number of aryl methyl sites for hydroxylation is 1. The zero-order valence-corrected chi connectivity index (χ0v) is 12.0. The number of ether oxygens (including phenoxy) is 1. The van der Waals surface area contributed by atoms with E-state index < -0.39 is 0 Å². The molecular weight excluding hydrogens is 255 g/mol. The fraction of sp³-hybridized carbons (Fsp3) is 0.250. The Balaban J connectivity index is 2.18. The third kappa shape index (κ3) is 3.20. The fourth-order valence-electron chi connectivity index (χ4n) is 1.88. The van der Waals surface area contributed by atoms with Crippen LogP contribution in [-0.2, 0) is 6.61 Å². The summed E-state index contributed by atoms with van der Waals surface area (Å²) in [4.78, 5) is 1.97. The van der Waals surface area contributed by atoms with Gasteiger partial charge in [0.15, 0.2) is 0 Å². The highest BCUT2D eigenvalue weighted by Crippen LogP contribution is 2.28. The van der Waals surface area contributed by atoms with Crippen LogP contribution in [0.15, 0.2) is 36.4 Å². The maximum absolute atomic E-state index is 13.2. The van der Waals surface area contributed by atoms with Gasteiger partial charge in [0.25, 0.3) is 0 Å². The number of nitrogen functional groups attached to an aromatic ring is 1. The van der Waals surface area contributed by atoms with Crippen molar-refractivity contribution in [2.45, 2.75) is 13.5 Å². The molecule has 20 heavy (non-hydrogen) atoms. The van der Waals surface area contributed by atoms with E-state index in [-0.39, 0.29) is 5.82 Å². The zero-order chi connectivity index (χ0) is 14.7. The van der Waals surface area contributed by atoms with Gasteiger partial charge in [-0.3, -0.25) is 0 Å². The predicted octanol–water partition coefficient (Wildman–Crippen LogP) is 3.36. The molecule has 0 spiro atoms. The topological polar surface area (TPSA) is 38.5 Å². The Labute approximate surface area is 118 Å². The summed E-state index contributed by atoms with van der Waals surface area (Å²) in [5, 5.41) is 0. The molecule has 0 bridgehead atoms. The summed E-state index contributed by atoms with van der Waals surface area (Å²) in [6, 6.07) is 10.3. The molecule has 2 aromatic rings. The van der Waals surface area contributed by atoms with Crippen LogP contribution in [0, 0.1) is 12.7 Å². The van der Waals surface area contributed by atoms with Gasteiger partial charge in [0, 0.05) is 25.8 Å². The summed E-state index contributed by atoms with van der Waals surface area (Å²) in [6.45, 7) is 2.22. The second kappa shape index (κ2) is 5.82. The Morgan fingerprint density at radius 2 is 1.90 bits per heavy atom. The van der Waals surface area contributed by atoms with Gasteiger partial charge in [0.05, 0.1) is 5.69 Å². The van der Waals surface area contributed by atoms with Crippen LogP contribution in [0.4, 0.5) is 15.8 Å². The minimum absolute atomic E-state index is 0.260. The highest BCUT2D eigenvalue weighted by atomic mass is 19.1. The lowest BCUT2D eigenvalue weighted by atomic mass is 10.1. The van der Waals surface area contributed by atoms with E-state index in [4.69, 9.17) is 10.5 Å². The summed E-state index contributed by atoms with van der Waals surface area (Å²) >= 11 is 0. The SMILES string of the molecule is Cc1ccc(F)cc1COc1cc(N(C)C)ccc1N.